The van der Waals surface area contributed by atoms with Crippen LogP contribution in [0.15, 0.2) is 206 Å². The number of para-hydroxylation sites is 3. The van der Waals surface area contributed by atoms with Gasteiger partial charge < -0.3 is 9.80 Å². The lowest BCUT2D eigenvalue weighted by atomic mass is 9.83. The van der Waals surface area contributed by atoms with E-state index in [1.54, 1.807) is 0 Å². The van der Waals surface area contributed by atoms with E-state index in [1.807, 2.05) is 78.9 Å². The first-order valence-electron chi connectivity index (χ1n) is 18.6. The fraction of sp³-hybridized carbons (Fsp3) is 0. The maximum atomic E-state index is 10.5. The van der Waals surface area contributed by atoms with Gasteiger partial charge in [0.05, 0.1) is 29.0 Å². The Balaban J connectivity index is 1.36. The van der Waals surface area contributed by atoms with E-state index in [1.165, 1.54) is 0 Å². The molecule has 0 saturated heterocycles. The second kappa shape index (κ2) is 14.8. The second-order valence-electron chi connectivity index (χ2n) is 13.5. The van der Waals surface area contributed by atoms with Gasteiger partial charge in [-0.1, -0.05) is 127 Å². The first-order valence-corrected chi connectivity index (χ1v) is 18.6. The number of rotatable bonds is 8. The van der Waals surface area contributed by atoms with E-state index in [9.17, 15) is 10.5 Å². The van der Waals surface area contributed by atoms with Gasteiger partial charge in [0.15, 0.2) is 0 Å². The molecule has 0 bridgehead atoms. The van der Waals surface area contributed by atoms with Gasteiger partial charge in [0.2, 0.25) is 0 Å². The summed E-state index contributed by atoms with van der Waals surface area (Å²) in [5.41, 5.74) is 11.0. The van der Waals surface area contributed by atoms with E-state index in [0.717, 1.165) is 77.9 Å². The summed E-state index contributed by atoms with van der Waals surface area (Å²) in [6.07, 6.45) is 0. The average Bonchev–Trinajstić information content (AvgIpc) is 3.27. The Morgan fingerprint density at radius 2 is 0.679 bits per heavy atom. The van der Waals surface area contributed by atoms with E-state index in [0.29, 0.717) is 11.1 Å². The number of nitriles is 2. The molecule has 0 fully saturated rings. The van der Waals surface area contributed by atoms with Crippen molar-refractivity contribution in [1.82, 2.24) is 0 Å². The Morgan fingerprint density at radius 1 is 0.304 bits per heavy atom. The summed E-state index contributed by atoms with van der Waals surface area (Å²) >= 11 is 0. The molecule has 0 aromatic heterocycles. The van der Waals surface area contributed by atoms with Crippen LogP contribution in [0, 0.1) is 22.7 Å². The molecule has 0 spiro atoms. The molecule has 9 aromatic carbocycles. The van der Waals surface area contributed by atoms with Crippen LogP contribution in [-0.4, -0.2) is 0 Å². The Kier molecular flexibility index (Phi) is 8.98. The number of fused-ring (bicyclic) bond motifs is 2. The molecule has 4 nitrogen and oxygen atoms in total. The van der Waals surface area contributed by atoms with Crippen LogP contribution in [-0.2, 0) is 0 Å². The Labute approximate surface area is 326 Å². The molecule has 56 heavy (non-hydrogen) atoms. The molecule has 0 aliphatic carbocycles. The van der Waals surface area contributed by atoms with Gasteiger partial charge in [0.1, 0.15) is 0 Å². The van der Waals surface area contributed by atoms with Gasteiger partial charge in [-0.3, -0.25) is 0 Å². The fourth-order valence-corrected chi connectivity index (χ4v) is 7.92. The number of benzene rings is 9. The second-order valence-corrected chi connectivity index (χ2v) is 13.5. The minimum atomic E-state index is 0.594. The van der Waals surface area contributed by atoms with Crippen LogP contribution in [0.25, 0.3) is 43.8 Å². The molecule has 4 heteroatoms. The Hall–Kier alpha value is -7.92. The van der Waals surface area contributed by atoms with E-state index in [-0.39, 0.29) is 0 Å². The molecule has 9 rings (SSSR count). The zero-order valence-electron chi connectivity index (χ0n) is 30.4. The summed E-state index contributed by atoms with van der Waals surface area (Å²) < 4.78 is 0. The van der Waals surface area contributed by atoms with Crippen LogP contribution in [0.3, 0.4) is 0 Å². The summed E-state index contributed by atoms with van der Waals surface area (Å²) in [7, 11) is 0. The van der Waals surface area contributed by atoms with Crippen molar-refractivity contribution >= 4 is 55.7 Å². The van der Waals surface area contributed by atoms with Crippen LogP contribution in [0.5, 0.6) is 0 Å². The van der Waals surface area contributed by atoms with Gasteiger partial charge >= 0.3 is 0 Å². The molecule has 0 aliphatic rings. The van der Waals surface area contributed by atoms with Crippen molar-refractivity contribution in [2.75, 3.05) is 9.80 Å². The highest BCUT2D eigenvalue weighted by molar-refractivity contribution is 6.25. The van der Waals surface area contributed by atoms with E-state index >= 15 is 0 Å². The number of hydrogen-bond donors (Lipinski definition) is 0. The maximum absolute atomic E-state index is 10.5. The van der Waals surface area contributed by atoms with Crippen LogP contribution >= 0.6 is 0 Å². The Bertz CT molecular complexity index is 2890. The third kappa shape index (κ3) is 5.99. The Morgan fingerprint density at radius 3 is 1.20 bits per heavy atom. The van der Waals surface area contributed by atoms with Gasteiger partial charge in [0.25, 0.3) is 0 Å². The molecule has 0 aliphatic heterocycles. The zero-order valence-corrected chi connectivity index (χ0v) is 30.4. The van der Waals surface area contributed by atoms with Crippen molar-refractivity contribution in [2.45, 2.75) is 0 Å². The molecule has 0 radical (unpaired) electrons. The lowest BCUT2D eigenvalue weighted by Gasteiger charge is -2.30. The van der Waals surface area contributed by atoms with Gasteiger partial charge in [-0.05, 0) is 101 Å². The SMILES string of the molecule is N#Cc1ccccc1-c1c2ccccc2c(-c2ccccc2C#N)c2c(N(c3ccccc3)c3ccc(N(c4ccccc4)c4ccccc4)cc3)cccc12. The van der Waals surface area contributed by atoms with Crippen LogP contribution in [0.4, 0.5) is 34.1 Å². The van der Waals surface area contributed by atoms with Crippen molar-refractivity contribution in [3.05, 3.63) is 217 Å². The summed E-state index contributed by atoms with van der Waals surface area (Å²) in [6, 6.07) is 75.3. The largest absolute Gasteiger partial charge is 0.311 e. The molecule has 0 unspecified atom stereocenters. The van der Waals surface area contributed by atoms with E-state index < -0.39 is 0 Å². The summed E-state index contributed by atoms with van der Waals surface area (Å²) in [4.78, 5) is 4.56. The zero-order chi connectivity index (χ0) is 37.8. The average molecular weight is 715 g/mol. The molecule has 262 valence electrons. The third-order valence-electron chi connectivity index (χ3n) is 10.3. The summed E-state index contributed by atoms with van der Waals surface area (Å²) in [5, 5.41) is 24.9. The smallest absolute Gasteiger partial charge is 0.0998 e. The minimum absolute atomic E-state index is 0.594. The number of hydrogen-bond acceptors (Lipinski definition) is 4. The molecule has 0 heterocycles. The lowest BCUT2D eigenvalue weighted by Crippen LogP contribution is -2.12. The fourth-order valence-electron chi connectivity index (χ4n) is 7.92. The molecule has 0 atom stereocenters. The van der Waals surface area contributed by atoms with E-state index in [2.05, 4.69) is 149 Å². The van der Waals surface area contributed by atoms with Gasteiger partial charge in [-0.25, -0.2) is 0 Å². The van der Waals surface area contributed by atoms with Gasteiger partial charge in [0, 0.05) is 50.5 Å². The summed E-state index contributed by atoms with van der Waals surface area (Å²) in [5.74, 6) is 0. The topological polar surface area (TPSA) is 54.1 Å². The molecule has 0 N–H and O–H groups in total. The van der Waals surface area contributed by atoms with E-state index in [4.69, 9.17) is 0 Å². The third-order valence-corrected chi connectivity index (χ3v) is 10.3. The monoisotopic (exact) mass is 714 g/mol. The van der Waals surface area contributed by atoms with Gasteiger partial charge in [-0.15, -0.1) is 0 Å². The minimum Gasteiger partial charge on any atom is -0.311 e. The molecular weight excluding hydrogens is 681 g/mol. The highest BCUT2D eigenvalue weighted by atomic mass is 15.2. The van der Waals surface area contributed by atoms with Crippen molar-refractivity contribution in [1.29, 1.82) is 10.5 Å². The highest BCUT2D eigenvalue weighted by Crippen LogP contribution is 2.50. The lowest BCUT2D eigenvalue weighted by molar-refractivity contribution is 1.26. The van der Waals surface area contributed by atoms with Crippen molar-refractivity contribution in [3.63, 3.8) is 0 Å². The van der Waals surface area contributed by atoms with Crippen molar-refractivity contribution in [3.8, 4) is 34.4 Å². The molecule has 9 aromatic rings. The normalized spacial score (nSPS) is 10.8. The van der Waals surface area contributed by atoms with Crippen LogP contribution < -0.4 is 9.80 Å². The van der Waals surface area contributed by atoms with Gasteiger partial charge in [-0.2, -0.15) is 10.5 Å². The predicted octanol–water partition coefficient (Wildman–Crippen LogP) is 14.0. The summed E-state index contributed by atoms with van der Waals surface area (Å²) in [6.45, 7) is 0. The standard InChI is InChI=1S/C52H34N4/c53-35-37-17-10-12-25-44(37)50-46-27-14-15-28-47(46)51(45-26-13-11-18-38(45)36-54)52-48(50)29-16-30-49(52)56(41-23-8-3-9-24-41)43-33-31-42(32-34-43)55(39-19-4-1-5-20-39)40-21-6-2-7-22-40/h1-34H. The highest BCUT2D eigenvalue weighted by Gasteiger charge is 2.25. The molecule has 0 amide bonds. The van der Waals surface area contributed by atoms with Crippen molar-refractivity contribution in [2.24, 2.45) is 0 Å². The molecular formula is C52H34N4. The van der Waals surface area contributed by atoms with Crippen molar-refractivity contribution < 1.29 is 0 Å². The maximum Gasteiger partial charge on any atom is 0.0998 e. The number of anilines is 6. The quantitative estimate of drug-likeness (QED) is 0.147. The number of nitrogens with zero attached hydrogens (tertiary/aromatic N) is 4. The first kappa shape index (κ1) is 33.9. The predicted molar refractivity (Wildman–Crippen MR) is 231 cm³/mol. The first-order chi connectivity index (χ1) is 27.7. The molecule has 0 saturated carbocycles. The van der Waals surface area contributed by atoms with Crippen LogP contribution in [0.2, 0.25) is 0 Å². The van der Waals surface area contributed by atoms with Crippen LogP contribution in [0.1, 0.15) is 11.1 Å².